The van der Waals surface area contributed by atoms with Gasteiger partial charge in [0.05, 0.1) is 7.11 Å². The standard InChI is InChI=1S/C21H21N5O2/c1-13-3-8-18-17(11-13)15(12-23-18)9-10-22-21-24-20(27)19(25-26-21)14-4-6-16(28-2)7-5-14/h3-8,11-12,23H,9-10H2,1-2H3,(H2,22,24,26,27). The number of hydrogen-bond donors (Lipinski definition) is 3. The topological polar surface area (TPSA) is 95.7 Å². The van der Waals surface area contributed by atoms with Gasteiger partial charge in [-0.05, 0) is 55.3 Å². The SMILES string of the molecule is COc1ccc(-c2nnc(NCCc3c[nH]c4ccc(C)cc34)[nH]c2=O)cc1. The Morgan fingerprint density at radius 2 is 1.93 bits per heavy atom. The number of nitrogens with zero attached hydrogens (tertiary/aromatic N) is 2. The fourth-order valence-electron chi connectivity index (χ4n) is 3.17. The Hall–Kier alpha value is -3.61. The van der Waals surface area contributed by atoms with E-state index >= 15 is 0 Å². The highest BCUT2D eigenvalue weighted by atomic mass is 16.5. The number of benzene rings is 2. The Morgan fingerprint density at radius 3 is 2.68 bits per heavy atom. The molecule has 0 fully saturated rings. The van der Waals surface area contributed by atoms with Crippen LogP contribution in [-0.2, 0) is 6.42 Å². The second-order valence-corrected chi connectivity index (χ2v) is 6.62. The molecule has 4 aromatic rings. The van der Waals surface area contributed by atoms with Gasteiger partial charge in [-0.2, -0.15) is 0 Å². The number of hydrogen-bond acceptors (Lipinski definition) is 5. The summed E-state index contributed by atoms with van der Waals surface area (Å²) in [4.78, 5) is 18.4. The molecule has 0 aliphatic carbocycles. The lowest BCUT2D eigenvalue weighted by atomic mass is 10.1. The molecule has 0 aliphatic rings. The molecule has 2 aromatic heterocycles. The van der Waals surface area contributed by atoms with Gasteiger partial charge in [-0.15, -0.1) is 10.2 Å². The number of aryl methyl sites for hydroxylation is 1. The highest BCUT2D eigenvalue weighted by Gasteiger charge is 2.08. The number of aromatic nitrogens is 4. The summed E-state index contributed by atoms with van der Waals surface area (Å²) in [6.07, 6.45) is 2.82. The number of H-pyrrole nitrogens is 2. The fourth-order valence-corrected chi connectivity index (χ4v) is 3.17. The van der Waals surface area contributed by atoms with Crippen molar-refractivity contribution in [3.8, 4) is 17.0 Å². The maximum Gasteiger partial charge on any atom is 0.279 e. The maximum atomic E-state index is 12.4. The molecule has 0 atom stereocenters. The minimum absolute atomic E-state index is 0.278. The molecule has 0 aliphatic heterocycles. The molecule has 2 heterocycles. The molecule has 7 heteroatoms. The third kappa shape index (κ3) is 3.59. The van der Waals surface area contributed by atoms with Gasteiger partial charge in [-0.25, -0.2) is 0 Å². The van der Waals surface area contributed by atoms with E-state index in [0.29, 0.717) is 18.1 Å². The van der Waals surface area contributed by atoms with Gasteiger partial charge in [-0.3, -0.25) is 9.78 Å². The molecule has 0 bridgehead atoms. The predicted molar refractivity (Wildman–Crippen MR) is 110 cm³/mol. The first-order valence-corrected chi connectivity index (χ1v) is 9.06. The van der Waals surface area contributed by atoms with E-state index in [9.17, 15) is 4.79 Å². The predicted octanol–water partition coefficient (Wildman–Crippen LogP) is 3.28. The summed E-state index contributed by atoms with van der Waals surface area (Å²) >= 11 is 0. The lowest BCUT2D eigenvalue weighted by Crippen LogP contribution is -2.18. The summed E-state index contributed by atoms with van der Waals surface area (Å²) in [5.74, 6) is 1.08. The molecule has 0 spiro atoms. The molecule has 2 aromatic carbocycles. The van der Waals surface area contributed by atoms with Crippen LogP contribution in [-0.4, -0.2) is 33.8 Å². The second-order valence-electron chi connectivity index (χ2n) is 6.62. The Bertz CT molecular complexity index is 1160. The van der Waals surface area contributed by atoms with Gasteiger partial charge in [0.2, 0.25) is 5.95 Å². The maximum absolute atomic E-state index is 12.4. The second kappa shape index (κ2) is 7.56. The third-order valence-electron chi connectivity index (χ3n) is 4.67. The molecular formula is C21H21N5O2. The van der Waals surface area contributed by atoms with Gasteiger partial charge in [0.1, 0.15) is 5.75 Å². The first-order valence-electron chi connectivity index (χ1n) is 9.06. The lowest BCUT2D eigenvalue weighted by molar-refractivity contribution is 0.415. The smallest absolute Gasteiger partial charge is 0.279 e. The molecule has 142 valence electrons. The quantitative estimate of drug-likeness (QED) is 0.481. The molecule has 0 saturated carbocycles. The van der Waals surface area contributed by atoms with E-state index in [0.717, 1.165) is 17.7 Å². The van der Waals surface area contributed by atoms with Crippen molar-refractivity contribution in [2.24, 2.45) is 0 Å². The zero-order valence-corrected chi connectivity index (χ0v) is 15.7. The van der Waals surface area contributed by atoms with Crippen molar-refractivity contribution in [2.45, 2.75) is 13.3 Å². The normalized spacial score (nSPS) is 10.9. The monoisotopic (exact) mass is 375 g/mol. The summed E-state index contributed by atoms with van der Waals surface area (Å²) in [7, 11) is 1.60. The van der Waals surface area contributed by atoms with Crippen LogP contribution in [0.1, 0.15) is 11.1 Å². The summed E-state index contributed by atoms with van der Waals surface area (Å²) in [5.41, 5.74) is 4.25. The highest BCUT2D eigenvalue weighted by Crippen LogP contribution is 2.20. The van der Waals surface area contributed by atoms with E-state index in [4.69, 9.17) is 4.74 Å². The average molecular weight is 375 g/mol. The first kappa shape index (κ1) is 17.8. The zero-order chi connectivity index (χ0) is 19.5. The Kier molecular flexibility index (Phi) is 4.80. The Morgan fingerprint density at radius 1 is 1.11 bits per heavy atom. The molecule has 0 unspecified atom stereocenters. The summed E-state index contributed by atoms with van der Waals surface area (Å²) in [6.45, 7) is 2.71. The molecule has 7 nitrogen and oxygen atoms in total. The molecule has 28 heavy (non-hydrogen) atoms. The third-order valence-corrected chi connectivity index (χ3v) is 4.67. The fraction of sp³-hybridized carbons (Fsp3) is 0.190. The molecule has 4 rings (SSSR count). The van der Waals surface area contributed by atoms with Gasteiger partial charge in [-0.1, -0.05) is 11.6 Å². The van der Waals surface area contributed by atoms with Gasteiger partial charge < -0.3 is 15.0 Å². The van der Waals surface area contributed by atoms with Crippen molar-refractivity contribution in [1.82, 2.24) is 20.2 Å². The number of fused-ring (bicyclic) bond motifs is 1. The van der Waals surface area contributed by atoms with Crippen LogP contribution in [0, 0.1) is 6.92 Å². The summed E-state index contributed by atoms with van der Waals surface area (Å²) in [6, 6.07) is 13.5. The van der Waals surface area contributed by atoms with E-state index in [1.54, 1.807) is 31.4 Å². The van der Waals surface area contributed by atoms with Crippen LogP contribution in [0.25, 0.3) is 22.2 Å². The molecule has 0 saturated heterocycles. The van der Waals surface area contributed by atoms with E-state index in [-0.39, 0.29) is 11.3 Å². The van der Waals surface area contributed by atoms with Crippen molar-refractivity contribution >= 4 is 16.9 Å². The van der Waals surface area contributed by atoms with Gasteiger partial charge >= 0.3 is 0 Å². The number of aromatic amines is 2. The number of ether oxygens (including phenoxy) is 1. The van der Waals surface area contributed by atoms with Crippen molar-refractivity contribution in [2.75, 3.05) is 19.0 Å². The van der Waals surface area contributed by atoms with E-state index in [1.807, 2.05) is 6.20 Å². The van der Waals surface area contributed by atoms with Crippen LogP contribution in [0.2, 0.25) is 0 Å². The van der Waals surface area contributed by atoms with E-state index in [2.05, 4.69) is 50.6 Å². The molecule has 0 amide bonds. The van der Waals surface area contributed by atoms with Gasteiger partial charge in [0, 0.05) is 29.2 Å². The molecule has 3 N–H and O–H groups in total. The largest absolute Gasteiger partial charge is 0.497 e. The van der Waals surface area contributed by atoms with Crippen molar-refractivity contribution in [1.29, 1.82) is 0 Å². The molecular weight excluding hydrogens is 354 g/mol. The number of methoxy groups -OCH3 is 1. The van der Waals surface area contributed by atoms with Crippen LogP contribution >= 0.6 is 0 Å². The minimum Gasteiger partial charge on any atom is -0.497 e. The first-order chi connectivity index (χ1) is 13.6. The van der Waals surface area contributed by atoms with Crippen molar-refractivity contribution in [3.63, 3.8) is 0 Å². The number of anilines is 1. The molecule has 0 radical (unpaired) electrons. The van der Waals surface area contributed by atoms with E-state index < -0.39 is 0 Å². The van der Waals surface area contributed by atoms with Gasteiger partial charge in [0.25, 0.3) is 5.56 Å². The number of rotatable bonds is 6. The van der Waals surface area contributed by atoms with Gasteiger partial charge in [0.15, 0.2) is 5.69 Å². The Labute approximate surface area is 161 Å². The Balaban J connectivity index is 1.44. The van der Waals surface area contributed by atoms with Crippen LogP contribution in [0.3, 0.4) is 0 Å². The summed E-state index contributed by atoms with van der Waals surface area (Å²) in [5, 5.41) is 12.5. The van der Waals surface area contributed by atoms with Crippen LogP contribution < -0.4 is 15.6 Å². The zero-order valence-electron chi connectivity index (χ0n) is 15.7. The number of nitrogens with one attached hydrogen (secondary N) is 3. The van der Waals surface area contributed by atoms with Crippen molar-refractivity contribution < 1.29 is 4.74 Å². The van der Waals surface area contributed by atoms with Crippen LogP contribution in [0.15, 0.2) is 53.5 Å². The van der Waals surface area contributed by atoms with Crippen LogP contribution in [0.4, 0.5) is 5.95 Å². The van der Waals surface area contributed by atoms with Crippen LogP contribution in [0.5, 0.6) is 5.75 Å². The van der Waals surface area contributed by atoms with Crippen molar-refractivity contribution in [3.05, 3.63) is 70.1 Å². The summed E-state index contributed by atoms with van der Waals surface area (Å²) < 4.78 is 5.13. The van der Waals surface area contributed by atoms with E-state index in [1.165, 1.54) is 16.5 Å². The lowest BCUT2D eigenvalue weighted by Gasteiger charge is -2.06. The average Bonchev–Trinajstić information content (AvgIpc) is 3.10. The highest BCUT2D eigenvalue weighted by molar-refractivity contribution is 5.83. The minimum atomic E-state index is -0.287.